The number of rotatable bonds is 9. The van der Waals surface area contributed by atoms with Gasteiger partial charge in [-0.25, -0.2) is 4.79 Å². The molecule has 2 aromatic carbocycles. The summed E-state index contributed by atoms with van der Waals surface area (Å²) in [7, 11) is 2.12. The molecule has 0 spiro atoms. The second-order valence-electron chi connectivity index (χ2n) is 12.5. The van der Waals surface area contributed by atoms with E-state index in [1.165, 1.54) is 24.8 Å². The highest BCUT2D eigenvalue weighted by atomic mass is 35.5. The van der Waals surface area contributed by atoms with Crippen LogP contribution in [0, 0.1) is 11.8 Å². The van der Waals surface area contributed by atoms with Gasteiger partial charge in [0.05, 0.1) is 24.4 Å². The van der Waals surface area contributed by atoms with Crippen molar-refractivity contribution in [1.29, 1.82) is 0 Å². The molecule has 2 aliphatic rings. The normalized spacial score (nSPS) is 26.1. The maximum absolute atomic E-state index is 13.4. The van der Waals surface area contributed by atoms with Crippen molar-refractivity contribution in [3.63, 3.8) is 0 Å². The Balaban J connectivity index is 1.51. The number of aliphatic hydroxyl groups is 1. The van der Waals surface area contributed by atoms with Crippen molar-refractivity contribution in [2.24, 2.45) is 11.8 Å². The molecule has 4 rings (SSSR count). The number of halogens is 1. The van der Waals surface area contributed by atoms with Crippen LogP contribution in [0.15, 0.2) is 54.6 Å². The first-order valence-corrected chi connectivity index (χ1v) is 16.5. The fourth-order valence-corrected chi connectivity index (χ4v) is 6.69. The third kappa shape index (κ3) is 10.6. The molecule has 1 aliphatic carbocycles. The number of hydrogen-bond donors (Lipinski definition) is 1. The minimum absolute atomic E-state index is 0.0374. The zero-order valence-corrected chi connectivity index (χ0v) is 26.4. The lowest BCUT2D eigenvalue weighted by Gasteiger charge is -2.39. The van der Waals surface area contributed by atoms with E-state index in [4.69, 9.17) is 21.1 Å². The second kappa shape index (κ2) is 17.4. The highest BCUT2D eigenvalue weighted by molar-refractivity contribution is 6.30. The summed E-state index contributed by atoms with van der Waals surface area (Å²) in [6, 6.07) is 17.3. The summed E-state index contributed by atoms with van der Waals surface area (Å²) < 4.78 is 12.6. The van der Waals surface area contributed by atoms with Crippen LogP contribution in [0.1, 0.15) is 80.6 Å². The molecule has 6 nitrogen and oxygen atoms in total. The van der Waals surface area contributed by atoms with E-state index in [-0.39, 0.29) is 36.1 Å². The summed E-state index contributed by atoms with van der Waals surface area (Å²) in [5.74, 6) is -0.191. The monoisotopic (exact) mass is 598 g/mol. The molecule has 1 N–H and O–H groups in total. The Morgan fingerprint density at radius 2 is 1.64 bits per heavy atom. The molecule has 1 aliphatic heterocycles. The van der Waals surface area contributed by atoms with E-state index in [0.717, 1.165) is 64.7 Å². The van der Waals surface area contributed by atoms with E-state index < -0.39 is 0 Å². The van der Waals surface area contributed by atoms with Crippen molar-refractivity contribution >= 4 is 17.6 Å². The number of hydrogen-bond acceptors (Lipinski definition) is 6. The van der Waals surface area contributed by atoms with Gasteiger partial charge < -0.3 is 24.4 Å². The predicted octanol–water partition coefficient (Wildman–Crippen LogP) is 6.84. The topological polar surface area (TPSA) is 62.2 Å². The molecule has 1 saturated heterocycles. The van der Waals surface area contributed by atoms with Gasteiger partial charge in [-0.05, 0) is 88.5 Å². The van der Waals surface area contributed by atoms with Gasteiger partial charge in [-0.2, -0.15) is 0 Å². The first kappa shape index (κ1) is 32.9. The van der Waals surface area contributed by atoms with Crippen molar-refractivity contribution in [1.82, 2.24) is 9.80 Å². The third-order valence-electron chi connectivity index (χ3n) is 9.10. The van der Waals surface area contributed by atoms with Crippen molar-refractivity contribution in [3.8, 4) is 0 Å². The third-order valence-corrected chi connectivity index (χ3v) is 9.35. The average Bonchev–Trinajstić information content (AvgIpc) is 3.14. The van der Waals surface area contributed by atoms with Crippen LogP contribution in [0.2, 0.25) is 5.02 Å². The highest BCUT2D eigenvalue weighted by Gasteiger charge is 2.38. The smallest absolute Gasteiger partial charge is 0.338 e. The van der Waals surface area contributed by atoms with Crippen LogP contribution < -0.4 is 0 Å². The minimum atomic E-state index is -0.383. The molecule has 7 heteroatoms. The maximum Gasteiger partial charge on any atom is 0.338 e. The maximum atomic E-state index is 13.4. The van der Waals surface area contributed by atoms with Crippen molar-refractivity contribution < 1.29 is 19.4 Å². The quantitative estimate of drug-likeness (QED) is 0.319. The van der Waals surface area contributed by atoms with Gasteiger partial charge in [0.1, 0.15) is 6.10 Å². The highest BCUT2D eigenvalue weighted by Crippen LogP contribution is 2.33. The lowest BCUT2D eigenvalue weighted by Crippen LogP contribution is -2.47. The van der Waals surface area contributed by atoms with Gasteiger partial charge in [0, 0.05) is 30.6 Å². The average molecular weight is 599 g/mol. The number of carbonyl (C=O) groups is 1. The molecule has 0 bridgehead atoms. The van der Waals surface area contributed by atoms with E-state index in [1.807, 2.05) is 18.2 Å². The Bertz CT molecular complexity index is 1050. The summed E-state index contributed by atoms with van der Waals surface area (Å²) >= 11 is 6.09. The van der Waals surface area contributed by atoms with Crippen LogP contribution in [0.3, 0.4) is 0 Å². The minimum Gasteiger partial charge on any atom is -0.457 e. The zero-order valence-electron chi connectivity index (χ0n) is 25.6. The summed E-state index contributed by atoms with van der Waals surface area (Å²) in [4.78, 5) is 18.2. The van der Waals surface area contributed by atoms with Crippen LogP contribution in [0.25, 0.3) is 0 Å². The molecule has 0 aromatic heterocycles. The predicted molar refractivity (Wildman–Crippen MR) is 170 cm³/mol. The number of aliphatic hydroxyl groups excluding tert-OH is 1. The molecule has 42 heavy (non-hydrogen) atoms. The molecule has 1 saturated carbocycles. The van der Waals surface area contributed by atoms with Crippen LogP contribution in [-0.2, 0) is 16.1 Å². The molecule has 5 unspecified atom stereocenters. The number of ether oxygens (including phenoxy) is 2. The van der Waals surface area contributed by atoms with Gasteiger partial charge >= 0.3 is 5.97 Å². The van der Waals surface area contributed by atoms with Gasteiger partial charge in [0.2, 0.25) is 0 Å². The Morgan fingerprint density at radius 3 is 2.40 bits per heavy atom. The second-order valence-corrected chi connectivity index (χ2v) is 12.9. The number of likely N-dealkylation sites (N-methyl/N-ethyl adjacent to an activating group) is 1. The number of benzene rings is 2. The zero-order chi connectivity index (χ0) is 29.7. The van der Waals surface area contributed by atoms with E-state index in [9.17, 15) is 9.90 Å². The summed E-state index contributed by atoms with van der Waals surface area (Å²) in [6.45, 7) is 7.07. The van der Waals surface area contributed by atoms with Crippen molar-refractivity contribution in [2.75, 3.05) is 39.8 Å². The van der Waals surface area contributed by atoms with Gasteiger partial charge in [0.15, 0.2) is 0 Å². The van der Waals surface area contributed by atoms with E-state index >= 15 is 0 Å². The van der Waals surface area contributed by atoms with E-state index in [2.05, 4.69) is 35.9 Å². The molecule has 2 fully saturated rings. The lowest BCUT2D eigenvalue weighted by molar-refractivity contribution is -0.0412. The molecule has 232 valence electrons. The number of nitrogens with zero attached hydrogens (tertiary/aromatic N) is 2. The summed E-state index contributed by atoms with van der Waals surface area (Å²) in [5.41, 5.74) is 1.70. The van der Waals surface area contributed by atoms with E-state index in [1.54, 1.807) is 24.3 Å². The van der Waals surface area contributed by atoms with Crippen LogP contribution in [0.4, 0.5) is 0 Å². The molecular weight excluding hydrogens is 548 g/mol. The van der Waals surface area contributed by atoms with Gasteiger partial charge in [-0.3, -0.25) is 0 Å². The van der Waals surface area contributed by atoms with Gasteiger partial charge in [-0.15, -0.1) is 0 Å². The Kier molecular flexibility index (Phi) is 13.6. The fraction of sp³-hybridized carbons (Fsp3) is 0.629. The van der Waals surface area contributed by atoms with Gasteiger partial charge in [-0.1, -0.05) is 74.0 Å². The number of esters is 1. The first-order chi connectivity index (χ1) is 20.4. The van der Waals surface area contributed by atoms with Gasteiger partial charge in [0.25, 0.3) is 0 Å². The Labute approximate surface area is 258 Å². The van der Waals surface area contributed by atoms with Crippen LogP contribution in [0.5, 0.6) is 0 Å². The first-order valence-electron chi connectivity index (χ1n) is 16.1. The molecular formula is C35H51ClN2O4. The fourth-order valence-electron chi connectivity index (χ4n) is 6.57. The SMILES string of the molecule is CC(CCN1CCCN(C)CC(OC(=O)c2ccc(Cl)cc2)C(C2CCCCCCCC2O)C1)OCc1ccccc1. The Hall–Kier alpha value is -1.96. The van der Waals surface area contributed by atoms with Crippen molar-refractivity contribution in [3.05, 3.63) is 70.7 Å². The lowest BCUT2D eigenvalue weighted by atomic mass is 9.78. The molecule has 0 radical (unpaired) electrons. The van der Waals surface area contributed by atoms with Crippen molar-refractivity contribution in [2.45, 2.75) is 89.6 Å². The summed E-state index contributed by atoms with van der Waals surface area (Å²) in [6.07, 6.45) is 8.97. The molecule has 1 heterocycles. The number of carbonyl (C=O) groups excluding carboxylic acids is 1. The van der Waals surface area contributed by atoms with E-state index in [0.29, 0.717) is 23.7 Å². The van der Waals surface area contributed by atoms with Crippen LogP contribution >= 0.6 is 11.6 Å². The van der Waals surface area contributed by atoms with Crippen LogP contribution in [-0.4, -0.2) is 79.0 Å². The molecule has 0 amide bonds. The molecule has 5 atom stereocenters. The standard InChI is InChI=1S/C35H51ClN2O4/c1-27(41-26-28-12-7-6-8-13-28)20-23-38-22-11-21-37(2)25-34(42-35(40)29-16-18-30(36)19-17-29)32(24-38)31-14-9-4-3-5-10-15-33(31)39/h6-8,12-13,16-19,27,31-34,39H,3-5,9-11,14-15,20-26H2,1-2H3. The Morgan fingerprint density at radius 1 is 0.929 bits per heavy atom. The summed E-state index contributed by atoms with van der Waals surface area (Å²) in [5, 5.41) is 12.1. The largest absolute Gasteiger partial charge is 0.457 e. The molecule has 2 aromatic rings.